The molecule has 1 aliphatic carbocycles. The molecule has 0 spiro atoms. The van der Waals surface area contributed by atoms with E-state index in [4.69, 9.17) is 5.11 Å². The van der Waals surface area contributed by atoms with Crippen LogP contribution in [0.25, 0.3) is 0 Å². The largest absolute Gasteiger partial charge is 0.481 e. The van der Waals surface area contributed by atoms with Gasteiger partial charge >= 0.3 is 11.9 Å². The number of fused-ring (bicyclic) bond motifs is 1. The number of H-pyrrole nitrogens is 1. The quantitative estimate of drug-likeness (QED) is 0.587. The summed E-state index contributed by atoms with van der Waals surface area (Å²) in [4.78, 5) is 46.5. The minimum Gasteiger partial charge on any atom is -0.481 e. The highest BCUT2D eigenvalue weighted by Gasteiger charge is 2.34. The number of nitrogens with one attached hydrogen (secondary N) is 1. The summed E-state index contributed by atoms with van der Waals surface area (Å²) in [5.74, 6) is -2.32. The number of carbonyl (C=O) groups excluding carboxylic acids is 3. The smallest absolute Gasteiger partial charge is 0.356 e. The van der Waals surface area contributed by atoms with Crippen LogP contribution in [0.15, 0.2) is 11.0 Å². The van der Waals surface area contributed by atoms with Gasteiger partial charge in [0.15, 0.2) is 5.69 Å². The zero-order chi connectivity index (χ0) is 18.3. The van der Waals surface area contributed by atoms with Crippen LogP contribution in [0, 0.1) is 0 Å². The second-order valence-corrected chi connectivity index (χ2v) is 5.50. The van der Waals surface area contributed by atoms with Gasteiger partial charge in [0.05, 0.1) is 17.6 Å². The number of Topliss-reactive ketones (excluding diaryl/α,β-unsaturated/α-hetero) is 1. The van der Waals surface area contributed by atoms with Gasteiger partial charge in [-0.2, -0.15) is 5.10 Å². The van der Waals surface area contributed by atoms with Crippen LogP contribution in [-0.2, 0) is 9.53 Å². The number of ether oxygens (including phenoxy) is 1. The molecular weight excluding hydrogens is 336 g/mol. The Balaban J connectivity index is 0.00000139. The number of carbonyl (C=O) groups is 4. The molecule has 2 rings (SSSR count). The summed E-state index contributed by atoms with van der Waals surface area (Å²) in [6, 6.07) is 0. The number of methoxy groups -OCH3 is 1. The third kappa shape index (κ3) is 4.31. The molecule has 1 heterocycles. The van der Waals surface area contributed by atoms with Crippen molar-refractivity contribution in [2.45, 2.75) is 26.7 Å². The maximum atomic E-state index is 12.4. The van der Waals surface area contributed by atoms with Crippen LogP contribution in [0.4, 0.5) is 0 Å². The molecule has 0 bridgehead atoms. The van der Waals surface area contributed by atoms with Gasteiger partial charge < -0.3 is 9.84 Å². The number of aliphatic carboxylic acids is 1. The Labute approximate surface area is 142 Å². The second kappa shape index (κ2) is 9.02. The lowest BCUT2D eigenvalue weighted by Crippen LogP contribution is -2.18. The molecule has 1 aliphatic rings. The van der Waals surface area contributed by atoms with E-state index < -0.39 is 23.5 Å². The summed E-state index contributed by atoms with van der Waals surface area (Å²) in [6.07, 6.45) is 1.49. The Morgan fingerprint density at radius 2 is 2.00 bits per heavy atom. The van der Waals surface area contributed by atoms with E-state index in [0.29, 0.717) is 12.2 Å². The molecule has 9 heteroatoms. The number of rotatable bonds is 6. The molecule has 0 amide bonds. The molecule has 1 aromatic heterocycles. The zero-order valence-electron chi connectivity index (χ0n) is 13.5. The lowest BCUT2D eigenvalue weighted by molar-refractivity contribution is -0.137. The van der Waals surface area contributed by atoms with Gasteiger partial charge in [0.2, 0.25) is 11.6 Å². The third-order valence-electron chi connectivity index (χ3n) is 2.89. The van der Waals surface area contributed by atoms with Crippen molar-refractivity contribution < 1.29 is 29.0 Å². The number of ketones is 2. The second-order valence-electron chi connectivity index (χ2n) is 4.36. The molecule has 0 saturated carbocycles. The fourth-order valence-corrected chi connectivity index (χ4v) is 2.81. The van der Waals surface area contributed by atoms with Gasteiger partial charge in [0, 0.05) is 12.5 Å². The van der Waals surface area contributed by atoms with Crippen molar-refractivity contribution in [1.82, 2.24) is 10.2 Å². The summed E-state index contributed by atoms with van der Waals surface area (Å²) < 4.78 is 4.54. The Morgan fingerprint density at radius 1 is 1.33 bits per heavy atom. The molecule has 0 radical (unpaired) electrons. The van der Waals surface area contributed by atoms with E-state index in [2.05, 4.69) is 14.9 Å². The van der Waals surface area contributed by atoms with Crippen molar-refractivity contribution >= 4 is 35.3 Å². The lowest BCUT2D eigenvalue weighted by atomic mass is 9.99. The van der Waals surface area contributed by atoms with E-state index in [0.717, 1.165) is 24.9 Å². The molecule has 1 aromatic rings. The maximum absolute atomic E-state index is 12.4. The van der Waals surface area contributed by atoms with E-state index in [1.165, 1.54) is 0 Å². The van der Waals surface area contributed by atoms with Crippen molar-refractivity contribution in [3.05, 3.63) is 27.9 Å². The van der Waals surface area contributed by atoms with Crippen molar-refractivity contribution in [2.24, 2.45) is 0 Å². The molecule has 0 fully saturated rings. The lowest BCUT2D eigenvalue weighted by Gasteiger charge is -2.11. The first-order valence-corrected chi connectivity index (χ1v) is 8.26. The summed E-state index contributed by atoms with van der Waals surface area (Å²) in [5.41, 5.74) is -0.368. The molecule has 0 saturated heterocycles. The molecule has 8 nitrogen and oxygen atoms in total. The van der Waals surface area contributed by atoms with Crippen LogP contribution in [0.2, 0.25) is 0 Å². The maximum Gasteiger partial charge on any atom is 0.356 e. The minimum atomic E-state index is -0.925. The first kappa shape index (κ1) is 19.6. The molecule has 0 unspecified atom stereocenters. The predicted molar refractivity (Wildman–Crippen MR) is 87.3 cm³/mol. The topological polar surface area (TPSA) is 126 Å². The van der Waals surface area contributed by atoms with Crippen LogP contribution >= 0.6 is 11.8 Å². The van der Waals surface area contributed by atoms with Gasteiger partial charge in [-0.3, -0.25) is 19.5 Å². The third-order valence-corrected chi connectivity index (χ3v) is 4.00. The monoisotopic (exact) mass is 354 g/mol. The number of aromatic amines is 1. The normalized spacial score (nSPS) is 12.7. The highest BCUT2D eigenvalue weighted by molar-refractivity contribution is 8.04. The van der Waals surface area contributed by atoms with E-state index in [-0.39, 0.29) is 28.3 Å². The predicted octanol–water partition coefficient (Wildman–Crippen LogP) is 2.08. The van der Waals surface area contributed by atoms with Gasteiger partial charge in [0.1, 0.15) is 5.69 Å². The minimum absolute atomic E-state index is 0.0210. The molecule has 2 N–H and O–H groups in total. The van der Waals surface area contributed by atoms with Crippen molar-refractivity contribution in [1.29, 1.82) is 0 Å². The van der Waals surface area contributed by atoms with Crippen molar-refractivity contribution in [3.8, 4) is 0 Å². The van der Waals surface area contributed by atoms with Crippen LogP contribution < -0.4 is 0 Å². The van der Waals surface area contributed by atoms with E-state index in [1.807, 2.05) is 13.8 Å². The SMILES string of the molecule is CC.COC(=O)c1[nH]nc2c1C(=O)C(SCCCC(=O)O)=CC2=O. The average Bonchev–Trinajstić information content (AvgIpc) is 3.02. The van der Waals surface area contributed by atoms with E-state index in [1.54, 1.807) is 0 Å². The molecule has 130 valence electrons. The molecule has 0 atom stereocenters. The summed E-state index contributed by atoms with van der Waals surface area (Å²) in [6.45, 7) is 4.00. The number of allylic oxidation sites excluding steroid dienone is 2. The Kier molecular flexibility index (Phi) is 7.37. The fourth-order valence-electron chi connectivity index (χ4n) is 1.88. The molecule has 0 aliphatic heterocycles. The van der Waals surface area contributed by atoms with Crippen molar-refractivity contribution in [2.75, 3.05) is 12.9 Å². The number of thioether (sulfide) groups is 1. The van der Waals surface area contributed by atoms with Gasteiger partial charge in [-0.1, -0.05) is 13.8 Å². The first-order chi connectivity index (χ1) is 11.5. The number of esters is 1. The zero-order valence-corrected chi connectivity index (χ0v) is 14.4. The van der Waals surface area contributed by atoms with Crippen molar-refractivity contribution in [3.63, 3.8) is 0 Å². The fraction of sp³-hybridized carbons (Fsp3) is 0.400. The number of nitrogens with zero attached hydrogens (tertiary/aromatic N) is 1. The van der Waals surface area contributed by atoms with Crippen LogP contribution in [0.3, 0.4) is 0 Å². The number of aromatic nitrogens is 2. The highest BCUT2D eigenvalue weighted by Crippen LogP contribution is 2.30. The van der Waals surface area contributed by atoms with Gasteiger partial charge in [0.25, 0.3) is 0 Å². The van der Waals surface area contributed by atoms with Gasteiger partial charge in [-0.05, 0) is 12.2 Å². The Hall–Kier alpha value is -2.42. The van der Waals surface area contributed by atoms with E-state index >= 15 is 0 Å². The number of hydrogen-bond donors (Lipinski definition) is 2. The average molecular weight is 354 g/mol. The Morgan fingerprint density at radius 3 is 2.58 bits per heavy atom. The van der Waals surface area contributed by atoms with Crippen LogP contribution in [0.1, 0.15) is 58.0 Å². The Bertz CT molecular complexity index is 692. The highest BCUT2D eigenvalue weighted by atomic mass is 32.2. The molecular formula is C15H18N2O6S. The number of carboxylic acids is 1. The van der Waals surface area contributed by atoms with Crippen LogP contribution in [-0.4, -0.2) is 51.7 Å². The van der Waals surface area contributed by atoms with Crippen LogP contribution in [0.5, 0.6) is 0 Å². The standard InChI is InChI=1S/C13H12N2O6S.C2H6/c1-21-13(20)11-9-10(14-15-11)6(16)5-7(12(9)19)22-4-2-3-8(17)18;1-2/h5H,2-4H2,1H3,(H,14,15)(H,17,18);1-2H3. The number of carboxylic acid groups (broad SMARTS) is 1. The summed E-state index contributed by atoms with van der Waals surface area (Å²) >= 11 is 1.08. The van der Waals surface area contributed by atoms with Gasteiger partial charge in [-0.15, -0.1) is 11.8 Å². The van der Waals surface area contributed by atoms with E-state index in [9.17, 15) is 19.2 Å². The first-order valence-electron chi connectivity index (χ1n) is 7.27. The molecule has 24 heavy (non-hydrogen) atoms. The summed E-state index contributed by atoms with van der Waals surface area (Å²) in [7, 11) is 1.15. The van der Waals surface area contributed by atoms with Gasteiger partial charge in [-0.25, -0.2) is 4.79 Å². The summed E-state index contributed by atoms with van der Waals surface area (Å²) in [5, 5.41) is 14.6. The number of hydrogen-bond acceptors (Lipinski definition) is 7. The molecule has 0 aromatic carbocycles.